The first kappa shape index (κ1) is 22.9. The van der Waals surface area contributed by atoms with Crippen LogP contribution in [0.15, 0.2) is 77.0 Å². The minimum absolute atomic E-state index is 0.0328. The molecule has 0 aromatic heterocycles. The molecule has 33 heavy (non-hydrogen) atoms. The third-order valence-corrected chi connectivity index (χ3v) is 6.89. The summed E-state index contributed by atoms with van der Waals surface area (Å²) in [5.41, 5.74) is 2.14. The zero-order valence-electron chi connectivity index (χ0n) is 18.8. The number of benzene rings is 2. The van der Waals surface area contributed by atoms with Crippen molar-refractivity contribution in [1.82, 2.24) is 5.32 Å². The van der Waals surface area contributed by atoms with E-state index in [1.165, 1.54) is 19.3 Å². The van der Waals surface area contributed by atoms with Crippen LogP contribution in [-0.2, 0) is 4.79 Å². The van der Waals surface area contributed by atoms with Crippen molar-refractivity contribution in [2.75, 3.05) is 0 Å². The summed E-state index contributed by atoms with van der Waals surface area (Å²) in [5.74, 6) is 0.913. The molecule has 0 spiro atoms. The van der Waals surface area contributed by atoms with Gasteiger partial charge in [0.15, 0.2) is 0 Å². The summed E-state index contributed by atoms with van der Waals surface area (Å²) in [7, 11) is 0. The molecule has 2 aromatic carbocycles. The zero-order chi connectivity index (χ0) is 23.0. The van der Waals surface area contributed by atoms with Crippen molar-refractivity contribution < 1.29 is 14.7 Å². The molecule has 2 aromatic rings. The van der Waals surface area contributed by atoms with Crippen molar-refractivity contribution >= 4 is 23.3 Å². The van der Waals surface area contributed by atoms with E-state index in [4.69, 9.17) is 5.11 Å². The number of allylic oxidation sites excluding steroid dienone is 2. The molecule has 1 amide bonds. The van der Waals surface area contributed by atoms with Crippen LogP contribution in [0.2, 0.25) is 0 Å². The molecule has 2 saturated carbocycles. The van der Waals surface area contributed by atoms with Crippen LogP contribution in [0, 0.1) is 17.8 Å². The highest BCUT2D eigenvalue weighted by Crippen LogP contribution is 2.50. The molecule has 0 aliphatic heterocycles. The Labute approximate surface area is 194 Å². The van der Waals surface area contributed by atoms with Crippen molar-refractivity contribution in [1.29, 1.82) is 0 Å². The van der Waals surface area contributed by atoms with Crippen LogP contribution in [-0.4, -0.2) is 23.0 Å². The van der Waals surface area contributed by atoms with E-state index in [9.17, 15) is 9.59 Å². The predicted octanol–water partition coefficient (Wildman–Crippen LogP) is 6.45. The van der Waals surface area contributed by atoms with Gasteiger partial charge >= 0.3 is 5.97 Å². The lowest BCUT2D eigenvalue weighted by Crippen LogP contribution is -2.43. The van der Waals surface area contributed by atoms with Crippen LogP contribution in [0.1, 0.15) is 55.3 Å². The summed E-state index contributed by atoms with van der Waals surface area (Å²) >= 11 is 0. The largest absolute Gasteiger partial charge is 0.481 e. The van der Waals surface area contributed by atoms with Gasteiger partial charge in [0.2, 0.25) is 0 Å². The van der Waals surface area contributed by atoms with Crippen LogP contribution in [0.4, 0.5) is 11.4 Å². The standard InChI is InChI=1S/C27H31N3O3/c31-25(32)11-7-2-1-6-10-24-20-12-13-21(18-20)26(24)28-27(33)19-14-16-23(17-15-19)30-29-22-8-4-3-5-9-22/h1,3-6,8-9,14-17,20-21,24,26H,2,7,10-13,18H2,(H,28,33)(H,31,32)/b6-1-,30-29?/t20-,21+,24+,26+/m0/s1. The predicted molar refractivity (Wildman–Crippen MR) is 128 cm³/mol. The van der Waals surface area contributed by atoms with Gasteiger partial charge in [0, 0.05) is 18.0 Å². The van der Waals surface area contributed by atoms with E-state index in [1.807, 2.05) is 42.5 Å². The van der Waals surface area contributed by atoms with E-state index in [0.29, 0.717) is 35.4 Å². The SMILES string of the molecule is O=C(O)CCC/C=C\C[C@@H]1[C@H]2CC[C@H](C2)[C@H]1NC(=O)c1ccc(N=Nc2ccccc2)cc1. The first-order valence-corrected chi connectivity index (χ1v) is 11.8. The highest BCUT2D eigenvalue weighted by Gasteiger charge is 2.47. The normalized spacial score (nSPS) is 24.0. The molecule has 6 nitrogen and oxygen atoms in total. The average Bonchev–Trinajstić information content (AvgIpc) is 3.43. The second-order valence-electron chi connectivity index (χ2n) is 9.07. The monoisotopic (exact) mass is 445 g/mol. The number of aliphatic carboxylic acids is 1. The van der Waals surface area contributed by atoms with Crippen LogP contribution < -0.4 is 5.32 Å². The maximum absolute atomic E-state index is 13.0. The Hall–Kier alpha value is -3.28. The molecular formula is C27H31N3O3. The molecule has 2 N–H and O–H groups in total. The topological polar surface area (TPSA) is 91.1 Å². The lowest BCUT2D eigenvalue weighted by molar-refractivity contribution is -0.137. The van der Waals surface area contributed by atoms with Gasteiger partial charge in [-0.1, -0.05) is 30.4 Å². The van der Waals surface area contributed by atoms with Crippen LogP contribution in [0.25, 0.3) is 0 Å². The van der Waals surface area contributed by atoms with Crippen molar-refractivity contribution in [3.63, 3.8) is 0 Å². The second kappa shape index (κ2) is 11.0. The fraction of sp³-hybridized carbons (Fsp3) is 0.407. The van der Waals surface area contributed by atoms with Gasteiger partial charge in [-0.3, -0.25) is 9.59 Å². The van der Waals surface area contributed by atoms with E-state index in [-0.39, 0.29) is 18.4 Å². The number of rotatable bonds is 10. The van der Waals surface area contributed by atoms with Crippen molar-refractivity contribution in [3.8, 4) is 0 Å². The molecule has 2 bridgehead atoms. The number of carboxylic acids is 1. The molecule has 0 unspecified atom stereocenters. The Morgan fingerprint density at radius 1 is 0.939 bits per heavy atom. The first-order valence-electron chi connectivity index (χ1n) is 11.8. The lowest BCUT2D eigenvalue weighted by Gasteiger charge is -2.31. The van der Waals surface area contributed by atoms with Gasteiger partial charge in [-0.05, 0) is 92.7 Å². The van der Waals surface area contributed by atoms with Gasteiger partial charge in [-0.15, -0.1) is 0 Å². The minimum atomic E-state index is -0.744. The third-order valence-electron chi connectivity index (χ3n) is 6.89. The lowest BCUT2D eigenvalue weighted by atomic mass is 9.82. The molecular weight excluding hydrogens is 414 g/mol. The van der Waals surface area contributed by atoms with E-state index in [2.05, 4.69) is 27.7 Å². The summed E-state index contributed by atoms with van der Waals surface area (Å²) in [6.07, 6.45) is 10.5. The van der Waals surface area contributed by atoms with Crippen LogP contribution >= 0.6 is 0 Å². The van der Waals surface area contributed by atoms with E-state index >= 15 is 0 Å². The van der Waals surface area contributed by atoms with Gasteiger partial charge in [0.05, 0.1) is 11.4 Å². The summed E-state index contributed by atoms with van der Waals surface area (Å²) in [6.45, 7) is 0. The van der Waals surface area contributed by atoms with Crippen molar-refractivity contribution in [2.24, 2.45) is 28.0 Å². The molecule has 2 aliphatic carbocycles. The smallest absolute Gasteiger partial charge is 0.303 e. The number of azo groups is 1. The molecule has 0 heterocycles. The molecule has 4 rings (SSSR count). The van der Waals surface area contributed by atoms with Gasteiger partial charge in [-0.25, -0.2) is 0 Å². The second-order valence-corrected chi connectivity index (χ2v) is 9.07. The fourth-order valence-electron chi connectivity index (χ4n) is 5.24. The molecule has 0 radical (unpaired) electrons. The molecule has 6 heteroatoms. The number of fused-ring (bicyclic) bond motifs is 2. The molecule has 172 valence electrons. The molecule has 0 saturated heterocycles. The Morgan fingerprint density at radius 2 is 1.64 bits per heavy atom. The number of unbranched alkanes of at least 4 members (excludes halogenated alkanes) is 1. The summed E-state index contributed by atoms with van der Waals surface area (Å²) in [4.78, 5) is 23.6. The first-order chi connectivity index (χ1) is 16.1. The van der Waals surface area contributed by atoms with Gasteiger partial charge in [-0.2, -0.15) is 10.2 Å². The molecule has 2 aliphatic rings. The number of nitrogens with zero attached hydrogens (tertiary/aromatic N) is 2. The molecule has 4 atom stereocenters. The summed E-state index contributed by atoms with van der Waals surface area (Å²) < 4.78 is 0. The Kier molecular flexibility index (Phi) is 7.66. The van der Waals surface area contributed by atoms with E-state index in [0.717, 1.165) is 18.5 Å². The zero-order valence-corrected chi connectivity index (χ0v) is 18.8. The number of carboxylic acid groups (broad SMARTS) is 1. The van der Waals surface area contributed by atoms with E-state index < -0.39 is 5.97 Å². The van der Waals surface area contributed by atoms with Gasteiger partial charge in [0.25, 0.3) is 5.91 Å². The summed E-state index contributed by atoms with van der Waals surface area (Å²) in [5, 5.41) is 20.5. The fourth-order valence-corrected chi connectivity index (χ4v) is 5.24. The Morgan fingerprint density at radius 3 is 2.36 bits per heavy atom. The number of hydrogen-bond acceptors (Lipinski definition) is 4. The van der Waals surface area contributed by atoms with Gasteiger partial charge in [0.1, 0.15) is 0 Å². The number of amides is 1. The van der Waals surface area contributed by atoms with Crippen LogP contribution in [0.3, 0.4) is 0 Å². The third kappa shape index (κ3) is 6.15. The number of carbonyl (C=O) groups excluding carboxylic acids is 1. The maximum atomic E-state index is 13.0. The highest BCUT2D eigenvalue weighted by molar-refractivity contribution is 5.94. The molecule has 2 fully saturated rings. The average molecular weight is 446 g/mol. The summed E-state index contributed by atoms with van der Waals surface area (Å²) in [6, 6.07) is 17.0. The maximum Gasteiger partial charge on any atom is 0.303 e. The van der Waals surface area contributed by atoms with E-state index in [1.54, 1.807) is 12.1 Å². The number of hydrogen-bond donors (Lipinski definition) is 2. The Bertz CT molecular complexity index is 1000. The quantitative estimate of drug-likeness (QED) is 0.250. The number of carbonyl (C=O) groups is 2. The van der Waals surface area contributed by atoms with Crippen molar-refractivity contribution in [2.45, 2.75) is 51.0 Å². The Balaban J connectivity index is 1.32. The van der Waals surface area contributed by atoms with Gasteiger partial charge < -0.3 is 10.4 Å². The van der Waals surface area contributed by atoms with Crippen molar-refractivity contribution in [3.05, 3.63) is 72.3 Å². The van der Waals surface area contributed by atoms with Crippen LogP contribution in [0.5, 0.6) is 0 Å². The number of nitrogens with one attached hydrogen (secondary N) is 1. The minimum Gasteiger partial charge on any atom is -0.481 e. The highest BCUT2D eigenvalue weighted by atomic mass is 16.4.